The first-order chi connectivity index (χ1) is 9.26. The molecule has 2 heterocycles. The van der Waals surface area contributed by atoms with E-state index in [1.807, 2.05) is 0 Å². The fourth-order valence-electron chi connectivity index (χ4n) is 2.53. The van der Waals surface area contributed by atoms with Gasteiger partial charge in [0.2, 0.25) is 5.75 Å². The molecule has 0 amide bonds. The highest BCUT2D eigenvalue weighted by Gasteiger charge is 2.22. The van der Waals surface area contributed by atoms with Crippen LogP contribution in [0.1, 0.15) is 33.1 Å². The standard InChI is InChI=1S/C14H24N4O/c1-4-7-15-13-12(19-3)14(17-10-16-13)18-8-5-6-11(2)9-18/h10-11H,4-9H2,1-3H3,(H,15,16,17). The molecular formula is C14H24N4O. The average molecular weight is 264 g/mol. The third-order valence-corrected chi connectivity index (χ3v) is 3.49. The van der Waals surface area contributed by atoms with Crippen molar-refractivity contribution in [3.8, 4) is 5.75 Å². The zero-order valence-electron chi connectivity index (χ0n) is 12.1. The van der Waals surface area contributed by atoms with Crippen molar-refractivity contribution < 1.29 is 4.74 Å². The molecule has 5 heteroatoms. The highest BCUT2D eigenvalue weighted by atomic mass is 16.5. The molecule has 1 N–H and O–H groups in total. The third-order valence-electron chi connectivity index (χ3n) is 3.49. The molecule has 0 aliphatic carbocycles. The molecule has 1 atom stereocenters. The number of hydrogen-bond acceptors (Lipinski definition) is 5. The number of nitrogens with zero attached hydrogens (tertiary/aromatic N) is 3. The van der Waals surface area contributed by atoms with Crippen LogP contribution in [-0.2, 0) is 0 Å². The monoisotopic (exact) mass is 264 g/mol. The molecule has 1 unspecified atom stereocenters. The number of anilines is 2. The first-order valence-electron chi connectivity index (χ1n) is 7.14. The molecule has 1 fully saturated rings. The Morgan fingerprint density at radius 1 is 1.47 bits per heavy atom. The Morgan fingerprint density at radius 3 is 3.00 bits per heavy atom. The summed E-state index contributed by atoms with van der Waals surface area (Å²) in [4.78, 5) is 11.0. The van der Waals surface area contributed by atoms with Gasteiger partial charge in [-0.1, -0.05) is 13.8 Å². The average Bonchev–Trinajstić information content (AvgIpc) is 2.44. The van der Waals surface area contributed by atoms with Crippen molar-refractivity contribution in [2.75, 3.05) is 37.0 Å². The second-order valence-electron chi connectivity index (χ2n) is 5.20. The Kier molecular flexibility index (Phi) is 4.82. The second-order valence-corrected chi connectivity index (χ2v) is 5.20. The van der Waals surface area contributed by atoms with E-state index in [0.717, 1.165) is 43.4 Å². The van der Waals surface area contributed by atoms with Gasteiger partial charge in [-0.05, 0) is 25.2 Å². The summed E-state index contributed by atoms with van der Waals surface area (Å²) in [7, 11) is 1.69. The van der Waals surface area contributed by atoms with E-state index in [1.54, 1.807) is 13.4 Å². The van der Waals surface area contributed by atoms with Gasteiger partial charge in [0.25, 0.3) is 0 Å². The van der Waals surface area contributed by atoms with Gasteiger partial charge in [-0.3, -0.25) is 0 Å². The van der Waals surface area contributed by atoms with Crippen LogP contribution in [0.4, 0.5) is 11.6 Å². The van der Waals surface area contributed by atoms with Gasteiger partial charge in [-0.15, -0.1) is 0 Å². The van der Waals surface area contributed by atoms with Gasteiger partial charge >= 0.3 is 0 Å². The lowest BCUT2D eigenvalue weighted by molar-refractivity contribution is 0.401. The molecule has 0 radical (unpaired) electrons. The number of hydrogen-bond donors (Lipinski definition) is 1. The molecule has 1 aliphatic rings. The summed E-state index contributed by atoms with van der Waals surface area (Å²) in [5.41, 5.74) is 0. The number of rotatable bonds is 5. The van der Waals surface area contributed by atoms with Crippen LogP contribution in [0.15, 0.2) is 6.33 Å². The van der Waals surface area contributed by atoms with Crippen LogP contribution in [-0.4, -0.2) is 36.7 Å². The van der Waals surface area contributed by atoms with E-state index in [-0.39, 0.29) is 0 Å². The second kappa shape index (κ2) is 6.59. The van der Waals surface area contributed by atoms with E-state index in [4.69, 9.17) is 4.74 Å². The molecule has 19 heavy (non-hydrogen) atoms. The summed E-state index contributed by atoms with van der Waals surface area (Å²) in [5, 5.41) is 3.30. The molecule has 0 bridgehead atoms. The van der Waals surface area contributed by atoms with E-state index in [1.165, 1.54) is 12.8 Å². The summed E-state index contributed by atoms with van der Waals surface area (Å²) >= 11 is 0. The van der Waals surface area contributed by atoms with E-state index in [9.17, 15) is 0 Å². The van der Waals surface area contributed by atoms with Crippen LogP contribution >= 0.6 is 0 Å². The van der Waals surface area contributed by atoms with E-state index >= 15 is 0 Å². The summed E-state index contributed by atoms with van der Waals surface area (Å²) in [5.74, 6) is 3.20. The Hall–Kier alpha value is -1.52. The largest absolute Gasteiger partial charge is 0.490 e. The number of nitrogens with one attached hydrogen (secondary N) is 1. The molecule has 106 valence electrons. The fourth-order valence-corrected chi connectivity index (χ4v) is 2.53. The molecular weight excluding hydrogens is 240 g/mol. The van der Waals surface area contributed by atoms with Gasteiger partial charge in [0.15, 0.2) is 11.6 Å². The topological polar surface area (TPSA) is 50.3 Å². The molecule has 1 aromatic heterocycles. The van der Waals surface area contributed by atoms with Gasteiger partial charge in [0, 0.05) is 19.6 Å². The zero-order valence-corrected chi connectivity index (χ0v) is 12.1. The molecule has 1 aromatic rings. The van der Waals surface area contributed by atoms with Crippen LogP contribution in [0.5, 0.6) is 5.75 Å². The van der Waals surface area contributed by atoms with Gasteiger partial charge in [0.05, 0.1) is 7.11 Å². The van der Waals surface area contributed by atoms with Crippen LogP contribution in [0.2, 0.25) is 0 Å². The SMILES string of the molecule is CCCNc1ncnc(N2CCCC(C)C2)c1OC. The Labute approximate surface area is 115 Å². The molecule has 0 aromatic carbocycles. The normalized spacial score (nSPS) is 19.3. The lowest BCUT2D eigenvalue weighted by atomic mass is 10.0. The number of aromatic nitrogens is 2. The van der Waals surface area contributed by atoms with Crippen LogP contribution in [0, 0.1) is 5.92 Å². The van der Waals surface area contributed by atoms with Gasteiger partial charge in [-0.25, -0.2) is 9.97 Å². The summed E-state index contributed by atoms with van der Waals surface area (Å²) < 4.78 is 5.53. The van der Waals surface area contributed by atoms with Gasteiger partial charge < -0.3 is 15.0 Å². The lowest BCUT2D eigenvalue weighted by Gasteiger charge is -2.32. The quantitative estimate of drug-likeness (QED) is 0.885. The lowest BCUT2D eigenvalue weighted by Crippen LogP contribution is -2.35. The van der Waals surface area contributed by atoms with Gasteiger partial charge in [0.1, 0.15) is 6.33 Å². The maximum absolute atomic E-state index is 5.53. The van der Waals surface area contributed by atoms with Crippen molar-refractivity contribution >= 4 is 11.6 Å². The first-order valence-corrected chi connectivity index (χ1v) is 7.14. The summed E-state index contributed by atoms with van der Waals surface area (Å²) in [6.45, 7) is 7.40. The van der Waals surface area contributed by atoms with Gasteiger partial charge in [-0.2, -0.15) is 0 Å². The Morgan fingerprint density at radius 2 is 2.32 bits per heavy atom. The Bertz CT molecular complexity index is 410. The molecule has 0 spiro atoms. The summed E-state index contributed by atoms with van der Waals surface area (Å²) in [6.07, 6.45) is 5.19. The van der Waals surface area contributed by atoms with E-state index in [0.29, 0.717) is 5.92 Å². The zero-order chi connectivity index (χ0) is 13.7. The summed E-state index contributed by atoms with van der Waals surface area (Å²) in [6, 6.07) is 0. The maximum Gasteiger partial charge on any atom is 0.204 e. The molecule has 2 rings (SSSR count). The number of piperidine rings is 1. The van der Waals surface area contributed by atoms with E-state index in [2.05, 4.69) is 34.0 Å². The molecule has 0 saturated carbocycles. The van der Waals surface area contributed by atoms with Crippen LogP contribution < -0.4 is 15.0 Å². The van der Waals surface area contributed by atoms with Crippen molar-refractivity contribution in [1.82, 2.24) is 9.97 Å². The minimum atomic E-state index is 0.709. The van der Waals surface area contributed by atoms with Crippen LogP contribution in [0.3, 0.4) is 0 Å². The molecule has 5 nitrogen and oxygen atoms in total. The van der Waals surface area contributed by atoms with Crippen molar-refractivity contribution in [2.45, 2.75) is 33.1 Å². The Balaban J connectivity index is 2.23. The predicted octanol–water partition coefficient (Wildman–Crippen LogP) is 2.54. The smallest absolute Gasteiger partial charge is 0.204 e. The van der Waals surface area contributed by atoms with Crippen molar-refractivity contribution in [3.63, 3.8) is 0 Å². The highest BCUT2D eigenvalue weighted by Crippen LogP contribution is 2.34. The van der Waals surface area contributed by atoms with Crippen molar-refractivity contribution in [2.24, 2.45) is 5.92 Å². The highest BCUT2D eigenvalue weighted by molar-refractivity contribution is 5.64. The predicted molar refractivity (Wildman–Crippen MR) is 78.0 cm³/mol. The number of ether oxygens (including phenoxy) is 1. The molecule has 1 aliphatic heterocycles. The van der Waals surface area contributed by atoms with E-state index < -0.39 is 0 Å². The maximum atomic E-state index is 5.53. The fraction of sp³-hybridized carbons (Fsp3) is 0.714. The minimum Gasteiger partial charge on any atom is -0.490 e. The first kappa shape index (κ1) is 13.9. The van der Waals surface area contributed by atoms with Crippen molar-refractivity contribution in [1.29, 1.82) is 0 Å². The molecule has 1 saturated heterocycles. The minimum absolute atomic E-state index is 0.709. The van der Waals surface area contributed by atoms with Crippen molar-refractivity contribution in [3.05, 3.63) is 6.33 Å². The third kappa shape index (κ3) is 3.28. The van der Waals surface area contributed by atoms with Crippen LogP contribution in [0.25, 0.3) is 0 Å². The number of methoxy groups -OCH3 is 1.